The summed E-state index contributed by atoms with van der Waals surface area (Å²) < 4.78 is 5.25. The lowest BCUT2D eigenvalue weighted by molar-refractivity contribution is -0.148. The van der Waals surface area contributed by atoms with Gasteiger partial charge in [0.1, 0.15) is 0 Å². The molecule has 0 saturated heterocycles. The van der Waals surface area contributed by atoms with Crippen LogP contribution in [0.25, 0.3) is 0 Å². The van der Waals surface area contributed by atoms with Crippen LogP contribution in [0.1, 0.15) is 84.3 Å². The van der Waals surface area contributed by atoms with Crippen LogP contribution in [-0.4, -0.2) is 24.2 Å². The van der Waals surface area contributed by atoms with Crippen LogP contribution < -0.4 is 0 Å². The number of ether oxygens (including phenoxy) is 1. The van der Waals surface area contributed by atoms with E-state index in [0.29, 0.717) is 17.8 Å². The zero-order valence-electron chi connectivity index (χ0n) is 23.5. The predicted octanol–water partition coefficient (Wildman–Crippen LogP) is 7.13. The molecule has 0 amide bonds. The van der Waals surface area contributed by atoms with Crippen molar-refractivity contribution < 1.29 is 19.4 Å². The number of hydrogen-bond acceptors (Lipinski definition) is 3. The number of methoxy groups -OCH3 is 1. The fraction of sp³-hybridized carbons (Fsp3) is 0.636. The summed E-state index contributed by atoms with van der Waals surface area (Å²) in [5, 5.41) is 9.93. The monoisotopic (exact) mass is 504 g/mol. The van der Waals surface area contributed by atoms with Gasteiger partial charge < -0.3 is 9.84 Å². The second-order valence-electron chi connectivity index (χ2n) is 13.8. The van der Waals surface area contributed by atoms with Crippen LogP contribution in [0, 0.1) is 40.4 Å². The Bertz CT molecular complexity index is 1140. The minimum atomic E-state index is -0.609. The molecule has 0 aliphatic heterocycles. The number of allylic oxidation sites excluding steroid dienone is 3. The van der Waals surface area contributed by atoms with Crippen molar-refractivity contribution in [3.8, 4) is 0 Å². The van der Waals surface area contributed by atoms with Crippen molar-refractivity contribution in [2.75, 3.05) is 7.11 Å². The van der Waals surface area contributed by atoms with E-state index < -0.39 is 5.97 Å². The average Bonchev–Trinajstić information content (AvgIpc) is 3.20. The minimum absolute atomic E-state index is 0.000897. The van der Waals surface area contributed by atoms with Gasteiger partial charge in [-0.2, -0.15) is 0 Å². The van der Waals surface area contributed by atoms with E-state index in [2.05, 4.69) is 71.0 Å². The van der Waals surface area contributed by atoms with Gasteiger partial charge in [0.15, 0.2) is 0 Å². The highest BCUT2D eigenvalue weighted by atomic mass is 16.5. The smallest absolute Gasteiger partial charge is 0.334 e. The normalized spacial score (nSPS) is 37.0. The molecule has 0 aromatic heterocycles. The van der Waals surface area contributed by atoms with Crippen LogP contribution in [0.5, 0.6) is 0 Å². The van der Waals surface area contributed by atoms with Gasteiger partial charge in [0.2, 0.25) is 0 Å². The van der Waals surface area contributed by atoms with Crippen molar-refractivity contribution in [1.29, 1.82) is 0 Å². The molecule has 0 bridgehead atoms. The zero-order chi connectivity index (χ0) is 26.8. The molecule has 37 heavy (non-hydrogen) atoms. The number of carbonyl (C=O) groups is 2. The van der Waals surface area contributed by atoms with Crippen molar-refractivity contribution in [2.45, 2.75) is 85.0 Å². The summed E-state index contributed by atoms with van der Waals surface area (Å²) in [7, 11) is 1.48. The molecule has 2 saturated carbocycles. The number of carboxylic acid groups (broad SMARTS) is 1. The molecule has 200 valence electrons. The summed E-state index contributed by atoms with van der Waals surface area (Å²) in [5.41, 5.74) is 4.69. The lowest BCUT2D eigenvalue weighted by Gasteiger charge is -2.57. The molecule has 5 rings (SSSR count). The van der Waals surface area contributed by atoms with Crippen LogP contribution in [0.3, 0.4) is 0 Å². The van der Waals surface area contributed by atoms with E-state index in [1.54, 1.807) is 0 Å². The SMILES string of the molecule is COC(=O)C1=CC2=CC[C@H]3[C@@H]4CC[C@H](C(=O)O)[C@@]4(C)CC[C@@H]3[C@@]2(C)C[C@H]1Cc1ccc(C(C)(C)C)cc1. The Morgan fingerprint density at radius 3 is 2.38 bits per heavy atom. The molecule has 1 N–H and O–H groups in total. The minimum Gasteiger partial charge on any atom is -0.481 e. The largest absolute Gasteiger partial charge is 0.481 e. The molecule has 0 radical (unpaired) electrons. The molecule has 4 nitrogen and oxygen atoms in total. The third-order valence-electron chi connectivity index (χ3n) is 11.0. The highest BCUT2D eigenvalue weighted by molar-refractivity contribution is 5.90. The first-order valence-electron chi connectivity index (χ1n) is 14.2. The van der Waals surface area contributed by atoms with Crippen LogP contribution in [-0.2, 0) is 26.2 Å². The topological polar surface area (TPSA) is 63.6 Å². The summed E-state index contributed by atoms with van der Waals surface area (Å²) >= 11 is 0. The van der Waals surface area contributed by atoms with Gasteiger partial charge in [-0.15, -0.1) is 0 Å². The highest BCUT2D eigenvalue weighted by Gasteiger charge is 2.60. The van der Waals surface area contributed by atoms with Crippen LogP contribution in [0.15, 0.2) is 47.6 Å². The number of rotatable bonds is 4. The van der Waals surface area contributed by atoms with Gasteiger partial charge >= 0.3 is 11.9 Å². The van der Waals surface area contributed by atoms with Crippen molar-refractivity contribution in [3.05, 3.63) is 58.7 Å². The van der Waals surface area contributed by atoms with Gasteiger partial charge in [-0.05, 0) is 108 Å². The maximum absolute atomic E-state index is 12.9. The maximum Gasteiger partial charge on any atom is 0.334 e. The van der Waals surface area contributed by atoms with E-state index in [1.165, 1.54) is 23.8 Å². The molecule has 1 aromatic carbocycles. The first-order valence-corrected chi connectivity index (χ1v) is 14.2. The Labute approximate surface area is 222 Å². The zero-order valence-corrected chi connectivity index (χ0v) is 23.5. The van der Waals surface area contributed by atoms with Gasteiger partial charge in [0, 0.05) is 5.57 Å². The summed E-state index contributed by atoms with van der Waals surface area (Å²) in [6.45, 7) is 11.4. The van der Waals surface area contributed by atoms with Crippen LogP contribution in [0.4, 0.5) is 0 Å². The van der Waals surface area contributed by atoms with Crippen molar-refractivity contribution in [1.82, 2.24) is 0 Å². The summed E-state index contributed by atoms with van der Waals surface area (Å²) in [4.78, 5) is 25.0. The molecule has 2 fully saturated rings. The highest BCUT2D eigenvalue weighted by Crippen LogP contribution is 2.66. The fourth-order valence-corrected chi connectivity index (χ4v) is 8.87. The molecule has 0 unspecified atom stereocenters. The number of carbonyl (C=O) groups excluding carboxylic acids is 1. The predicted molar refractivity (Wildman–Crippen MR) is 146 cm³/mol. The standard InChI is InChI=1S/C33H44O4/c1-31(2,3)22-9-7-20(8-10-22)17-21-19-33(5)23(18-25(21)30(36)37-6)11-12-24-26-13-14-28(29(34)35)32(26,4)16-15-27(24)33/h7-11,18,21,24,26-28H,12-17,19H2,1-6H3,(H,34,35)/t21-,24+,26+,27+,28-,32+,33+/m1/s1. The van der Waals surface area contributed by atoms with Crippen LogP contribution in [0.2, 0.25) is 0 Å². The number of hydrogen-bond donors (Lipinski definition) is 1. The number of fused-ring (bicyclic) bond motifs is 5. The lowest BCUT2D eigenvalue weighted by Crippen LogP contribution is -2.51. The number of aliphatic carboxylic acids is 1. The fourth-order valence-electron chi connectivity index (χ4n) is 8.87. The average molecular weight is 505 g/mol. The molecule has 4 heteroatoms. The molecular weight excluding hydrogens is 460 g/mol. The van der Waals surface area contributed by atoms with E-state index in [9.17, 15) is 14.7 Å². The van der Waals surface area contributed by atoms with Gasteiger partial charge in [0.05, 0.1) is 13.0 Å². The van der Waals surface area contributed by atoms with E-state index in [0.717, 1.165) is 50.5 Å². The van der Waals surface area contributed by atoms with E-state index in [1.807, 2.05) is 0 Å². The van der Waals surface area contributed by atoms with Crippen molar-refractivity contribution in [2.24, 2.45) is 40.4 Å². The summed E-state index contributed by atoms with van der Waals surface area (Å²) in [6, 6.07) is 8.90. The lowest BCUT2D eigenvalue weighted by atomic mass is 9.47. The Balaban J connectivity index is 1.46. The van der Waals surface area contributed by atoms with E-state index in [4.69, 9.17) is 4.74 Å². The summed E-state index contributed by atoms with van der Waals surface area (Å²) in [5.74, 6) is 0.600. The van der Waals surface area contributed by atoms with Crippen molar-refractivity contribution >= 4 is 11.9 Å². The van der Waals surface area contributed by atoms with E-state index in [-0.39, 0.29) is 34.1 Å². The third kappa shape index (κ3) is 4.29. The Morgan fingerprint density at radius 2 is 1.76 bits per heavy atom. The van der Waals surface area contributed by atoms with Gasteiger partial charge in [-0.25, -0.2) is 4.79 Å². The molecular formula is C33H44O4. The molecule has 1 aromatic rings. The van der Waals surface area contributed by atoms with Gasteiger partial charge in [-0.3, -0.25) is 4.79 Å². The number of benzene rings is 1. The van der Waals surface area contributed by atoms with Crippen molar-refractivity contribution in [3.63, 3.8) is 0 Å². The Hall–Kier alpha value is -2.36. The van der Waals surface area contributed by atoms with Gasteiger partial charge in [0.25, 0.3) is 0 Å². The quantitative estimate of drug-likeness (QED) is 0.443. The molecule has 4 aliphatic rings. The summed E-state index contributed by atoms with van der Waals surface area (Å²) in [6.07, 6.45) is 11.2. The first kappa shape index (κ1) is 26.3. The molecule has 0 heterocycles. The number of carboxylic acids is 1. The molecule has 4 aliphatic carbocycles. The van der Waals surface area contributed by atoms with Crippen LogP contribution >= 0.6 is 0 Å². The third-order valence-corrected chi connectivity index (χ3v) is 11.0. The maximum atomic E-state index is 12.9. The van der Waals surface area contributed by atoms with E-state index >= 15 is 0 Å². The molecule has 0 spiro atoms. The Kier molecular flexibility index (Phi) is 6.48. The first-order chi connectivity index (χ1) is 17.4. The molecule has 7 atom stereocenters. The number of esters is 1. The second-order valence-corrected chi connectivity index (χ2v) is 13.8. The van der Waals surface area contributed by atoms with Gasteiger partial charge in [-0.1, -0.05) is 65.0 Å². The second kappa shape index (κ2) is 9.13. The Morgan fingerprint density at radius 1 is 1.05 bits per heavy atom.